The van der Waals surface area contributed by atoms with Crippen molar-refractivity contribution in [3.63, 3.8) is 0 Å². The van der Waals surface area contributed by atoms with E-state index in [-0.39, 0.29) is 0 Å². The van der Waals surface area contributed by atoms with Gasteiger partial charge in [-0.3, -0.25) is 4.90 Å². The first-order chi connectivity index (χ1) is 7.43. The summed E-state index contributed by atoms with van der Waals surface area (Å²) in [7, 11) is 0. The zero-order chi connectivity index (χ0) is 10.1. The molecule has 0 radical (unpaired) electrons. The van der Waals surface area contributed by atoms with Gasteiger partial charge in [-0.25, -0.2) is 0 Å². The number of fused-ring (bicyclic) bond motifs is 1. The van der Waals surface area contributed by atoms with Crippen LogP contribution in [-0.4, -0.2) is 35.1 Å². The summed E-state index contributed by atoms with van der Waals surface area (Å²) in [5.74, 6) is 0. The van der Waals surface area contributed by atoms with Crippen molar-refractivity contribution in [1.29, 1.82) is 0 Å². The minimum atomic E-state index is 0.718. The molecule has 0 aliphatic carbocycles. The molecule has 0 amide bonds. The Morgan fingerprint density at radius 1 is 1.40 bits per heavy atom. The van der Waals surface area contributed by atoms with Crippen molar-refractivity contribution in [2.75, 3.05) is 13.1 Å². The standard InChI is InChI=1S/C12H19N3/c1-3-10(13-6-1)9-14-11-5-8-15-7-2-4-12(11)15/h1,3,6,11-14H,2,4-5,7-9H2. The van der Waals surface area contributed by atoms with Gasteiger partial charge in [-0.1, -0.05) is 0 Å². The van der Waals surface area contributed by atoms with Crippen LogP contribution in [0.5, 0.6) is 0 Å². The van der Waals surface area contributed by atoms with E-state index in [0.29, 0.717) is 0 Å². The molecule has 3 rings (SSSR count). The molecule has 0 bridgehead atoms. The zero-order valence-electron chi connectivity index (χ0n) is 9.08. The second-order valence-electron chi connectivity index (χ2n) is 4.72. The van der Waals surface area contributed by atoms with Crippen molar-refractivity contribution in [2.24, 2.45) is 0 Å². The normalized spacial score (nSPS) is 30.9. The molecular weight excluding hydrogens is 186 g/mol. The molecule has 3 heterocycles. The molecule has 2 saturated heterocycles. The number of nitrogens with one attached hydrogen (secondary N) is 2. The van der Waals surface area contributed by atoms with Gasteiger partial charge < -0.3 is 10.3 Å². The summed E-state index contributed by atoms with van der Waals surface area (Å²) >= 11 is 0. The third-order valence-electron chi connectivity index (χ3n) is 3.82. The van der Waals surface area contributed by atoms with E-state index in [1.165, 1.54) is 38.0 Å². The maximum Gasteiger partial charge on any atom is 0.0360 e. The summed E-state index contributed by atoms with van der Waals surface area (Å²) in [6.07, 6.45) is 6.10. The Morgan fingerprint density at radius 3 is 3.27 bits per heavy atom. The lowest BCUT2D eigenvalue weighted by atomic mass is 10.1. The van der Waals surface area contributed by atoms with Gasteiger partial charge in [0.2, 0.25) is 0 Å². The van der Waals surface area contributed by atoms with Crippen LogP contribution in [0.4, 0.5) is 0 Å². The Balaban J connectivity index is 1.55. The van der Waals surface area contributed by atoms with Crippen LogP contribution in [0.1, 0.15) is 25.0 Å². The highest BCUT2D eigenvalue weighted by Crippen LogP contribution is 2.27. The predicted octanol–water partition coefficient (Wildman–Crippen LogP) is 1.34. The molecule has 2 aliphatic heterocycles. The molecule has 3 nitrogen and oxygen atoms in total. The molecule has 0 spiro atoms. The lowest BCUT2D eigenvalue weighted by Crippen LogP contribution is -2.38. The first kappa shape index (κ1) is 9.43. The summed E-state index contributed by atoms with van der Waals surface area (Å²) in [5.41, 5.74) is 1.30. The number of H-pyrrole nitrogens is 1. The Labute approximate surface area is 90.9 Å². The van der Waals surface area contributed by atoms with Gasteiger partial charge >= 0.3 is 0 Å². The molecule has 2 atom stereocenters. The number of nitrogens with zero attached hydrogens (tertiary/aromatic N) is 1. The minimum absolute atomic E-state index is 0.718. The van der Waals surface area contributed by atoms with Gasteiger partial charge in [0.1, 0.15) is 0 Å². The van der Waals surface area contributed by atoms with Crippen LogP contribution < -0.4 is 5.32 Å². The summed E-state index contributed by atoms with van der Waals surface area (Å²) in [6, 6.07) is 5.75. The third-order valence-corrected chi connectivity index (χ3v) is 3.82. The fraction of sp³-hybridized carbons (Fsp3) is 0.667. The van der Waals surface area contributed by atoms with Gasteiger partial charge in [0.25, 0.3) is 0 Å². The molecule has 0 saturated carbocycles. The zero-order valence-corrected chi connectivity index (χ0v) is 9.08. The SMILES string of the molecule is c1c[nH]c(CNC2CCN3CCCC23)c1. The highest BCUT2D eigenvalue weighted by atomic mass is 15.2. The number of aromatic amines is 1. The van der Waals surface area contributed by atoms with Gasteiger partial charge in [-0.2, -0.15) is 0 Å². The quantitative estimate of drug-likeness (QED) is 0.780. The Morgan fingerprint density at radius 2 is 2.40 bits per heavy atom. The highest BCUT2D eigenvalue weighted by Gasteiger charge is 2.36. The monoisotopic (exact) mass is 205 g/mol. The number of rotatable bonds is 3. The van der Waals surface area contributed by atoms with E-state index in [4.69, 9.17) is 0 Å². The lowest BCUT2D eigenvalue weighted by molar-refractivity contribution is 0.298. The van der Waals surface area contributed by atoms with Crippen LogP contribution >= 0.6 is 0 Å². The largest absolute Gasteiger partial charge is 0.364 e. The van der Waals surface area contributed by atoms with Crippen molar-refractivity contribution in [1.82, 2.24) is 15.2 Å². The van der Waals surface area contributed by atoms with E-state index in [2.05, 4.69) is 27.3 Å². The van der Waals surface area contributed by atoms with Crippen molar-refractivity contribution in [3.8, 4) is 0 Å². The molecule has 15 heavy (non-hydrogen) atoms. The van der Waals surface area contributed by atoms with Crippen LogP contribution in [0.15, 0.2) is 18.3 Å². The maximum absolute atomic E-state index is 3.68. The Bertz CT molecular complexity index is 307. The highest BCUT2D eigenvalue weighted by molar-refractivity contribution is 5.04. The molecule has 2 aliphatic rings. The second kappa shape index (κ2) is 3.99. The van der Waals surface area contributed by atoms with Crippen LogP contribution in [0.25, 0.3) is 0 Å². The predicted molar refractivity (Wildman–Crippen MR) is 60.6 cm³/mol. The average molecular weight is 205 g/mol. The molecule has 2 fully saturated rings. The Kier molecular flexibility index (Phi) is 2.51. The van der Waals surface area contributed by atoms with Gasteiger partial charge in [-0.05, 0) is 37.9 Å². The van der Waals surface area contributed by atoms with Crippen molar-refractivity contribution >= 4 is 0 Å². The van der Waals surface area contributed by atoms with E-state index in [9.17, 15) is 0 Å². The fourth-order valence-corrected chi connectivity index (χ4v) is 3.04. The van der Waals surface area contributed by atoms with E-state index in [1.807, 2.05) is 6.20 Å². The maximum atomic E-state index is 3.68. The van der Waals surface area contributed by atoms with Crippen molar-refractivity contribution < 1.29 is 0 Å². The molecule has 82 valence electrons. The lowest BCUT2D eigenvalue weighted by Gasteiger charge is -2.21. The molecule has 3 heteroatoms. The van der Waals surface area contributed by atoms with Crippen LogP contribution in [0.3, 0.4) is 0 Å². The molecule has 1 aromatic rings. The first-order valence-corrected chi connectivity index (χ1v) is 6.03. The van der Waals surface area contributed by atoms with Gasteiger partial charge in [0.15, 0.2) is 0 Å². The van der Waals surface area contributed by atoms with E-state index in [1.54, 1.807) is 0 Å². The summed E-state index contributed by atoms with van der Waals surface area (Å²) in [4.78, 5) is 5.89. The molecule has 0 aromatic carbocycles. The van der Waals surface area contributed by atoms with E-state index >= 15 is 0 Å². The van der Waals surface area contributed by atoms with Crippen molar-refractivity contribution in [3.05, 3.63) is 24.0 Å². The third kappa shape index (κ3) is 1.82. The molecule has 2 N–H and O–H groups in total. The van der Waals surface area contributed by atoms with Crippen LogP contribution in [-0.2, 0) is 6.54 Å². The molecular formula is C12H19N3. The molecule has 2 unspecified atom stereocenters. The van der Waals surface area contributed by atoms with E-state index < -0.39 is 0 Å². The second-order valence-corrected chi connectivity index (χ2v) is 4.72. The smallest absolute Gasteiger partial charge is 0.0360 e. The van der Waals surface area contributed by atoms with Crippen molar-refractivity contribution in [2.45, 2.75) is 37.9 Å². The first-order valence-electron chi connectivity index (χ1n) is 6.03. The van der Waals surface area contributed by atoms with Crippen LogP contribution in [0.2, 0.25) is 0 Å². The number of hydrogen-bond donors (Lipinski definition) is 2. The topological polar surface area (TPSA) is 31.1 Å². The summed E-state index contributed by atoms with van der Waals surface area (Å²) in [5, 5.41) is 3.68. The number of aromatic nitrogens is 1. The van der Waals surface area contributed by atoms with Crippen LogP contribution in [0, 0.1) is 0 Å². The average Bonchev–Trinajstić information content (AvgIpc) is 2.93. The van der Waals surface area contributed by atoms with E-state index in [0.717, 1.165) is 18.6 Å². The molecule has 1 aromatic heterocycles. The minimum Gasteiger partial charge on any atom is -0.364 e. The fourth-order valence-electron chi connectivity index (χ4n) is 3.04. The van der Waals surface area contributed by atoms with Gasteiger partial charge in [0.05, 0.1) is 0 Å². The summed E-state index contributed by atoms with van der Waals surface area (Å²) in [6.45, 7) is 3.61. The Hall–Kier alpha value is -0.800. The van der Waals surface area contributed by atoms with Gasteiger partial charge in [0, 0.05) is 37.1 Å². The van der Waals surface area contributed by atoms with Gasteiger partial charge in [-0.15, -0.1) is 0 Å². The summed E-state index contributed by atoms with van der Waals surface area (Å²) < 4.78 is 0. The number of hydrogen-bond acceptors (Lipinski definition) is 2.